The zero-order valence-corrected chi connectivity index (χ0v) is 19.0. The van der Waals surface area contributed by atoms with Crippen molar-refractivity contribution in [3.05, 3.63) is 102 Å². The first-order valence-corrected chi connectivity index (χ1v) is 8.31. The van der Waals surface area contributed by atoms with Gasteiger partial charge in [0.2, 0.25) is 0 Å². The van der Waals surface area contributed by atoms with Gasteiger partial charge >= 0.3 is 26.2 Å². The summed E-state index contributed by atoms with van der Waals surface area (Å²) >= 11 is 0. The van der Waals surface area contributed by atoms with Crippen molar-refractivity contribution in [2.45, 2.75) is 19.4 Å². The van der Waals surface area contributed by atoms with E-state index in [0.717, 1.165) is 6.42 Å². The Morgan fingerprint density at radius 2 is 1.70 bits per heavy atom. The second-order valence-corrected chi connectivity index (χ2v) is 6.09. The molecular weight excluding hydrogens is 452 g/mol. The van der Waals surface area contributed by atoms with Crippen molar-refractivity contribution in [2.75, 3.05) is 0 Å². The fraction of sp³-hybridized carbons (Fsp3) is 0.130. The molecule has 27 heavy (non-hydrogen) atoms. The summed E-state index contributed by atoms with van der Waals surface area (Å²) < 4.78 is 2.29. The Morgan fingerprint density at radius 1 is 0.963 bits per heavy atom. The van der Waals surface area contributed by atoms with E-state index in [2.05, 4.69) is 103 Å². The van der Waals surface area contributed by atoms with Crippen LogP contribution in [0, 0.1) is 12.2 Å². The molecule has 0 aliphatic heterocycles. The van der Waals surface area contributed by atoms with Gasteiger partial charge in [-0.25, -0.2) is 23.8 Å². The van der Waals surface area contributed by atoms with Crippen molar-refractivity contribution in [3.63, 3.8) is 0 Å². The molecule has 1 aromatic heterocycles. The molecule has 1 atom stereocenters. The maximum atomic E-state index is 3.45. The van der Waals surface area contributed by atoms with Crippen LogP contribution in [0.5, 0.6) is 0 Å². The molecule has 0 saturated heterocycles. The molecule has 1 nitrogen and oxygen atoms in total. The number of hydrogen-bond acceptors (Lipinski definition) is 0. The van der Waals surface area contributed by atoms with Crippen LogP contribution in [-0.2, 0) is 26.2 Å². The molecule has 1 unspecified atom stereocenters. The number of nitrogens with zero attached hydrogens (tertiary/aromatic N) is 1. The molecule has 134 valence electrons. The van der Waals surface area contributed by atoms with Crippen LogP contribution >= 0.6 is 0 Å². The van der Waals surface area contributed by atoms with E-state index in [-0.39, 0.29) is 57.1 Å². The van der Waals surface area contributed by atoms with Crippen molar-refractivity contribution in [2.24, 2.45) is 0 Å². The van der Waals surface area contributed by atoms with Gasteiger partial charge in [0.25, 0.3) is 0 Å². The third kappa shape index (κ3) is 5.14. The molecular formula is C23H19Cl2NZr. The van der Waals surface area contributed by atoms with Gasteiger partial charge in [0.1, 0.15) is 0 Å². The second kappa shape index (κ2) is 10.9. The minimum Gasteiger partial charge on any atom is -1.00 e. The third-order valence-corrected chi connectivity index (χ3v) is 4.46. The first kappa shape index (κ1) is 23.7. The summed E-state index contributed by atoms with van der Waals surface area (Å²) in [5, 5.41) is 1.28. The molecule has 2 aromatic carbocycles. The normalized spacial score (nSPS) is 15.6. The van der Waals surface area contributed by atoms with Gasteiger partial charge in [0, 0.05) is 11.7 Å². The van der Waals surface area contributed by atoms with Gasteiger partial charge < -0.3 is 29.4 Å². The average molecular weight is 472 g/mol. The van der Waals surface area contributed by atoms with Gasteiger partial charge in [-0.15, -0.1) is 18.1 Å². The van der Waals surface area contributed by atoms with Crippen LogP contribution in [0.1, 0.15) is 30.5 Å². The van der Waals surface area contributed by atoms with Crippen molar-refractivity contribution < 1.29 is 51.0 Å². The molecule has 0 fully saturated rings. The monoisotopic (exact) mass is 469 g/mol. The molecule has 2 aliphatic rings. The molecule has 3 aromatic rings. The molecule has 2 aliphatic carbocycles. The number of aromatic nitrogens is 1. The van der Waals surface area contributed by atoms with Gasteiger partial charge in [-0.3, -0.25) is 6.08 Å². The molecule has 0 saturated carbocycles. The van der Waals surface area contributed by atoms with Crippen LogP contribution in [-0.4, -0.2) is 4.57 Å². The molecule has 1 heterocycles. The Bertz CT molecular complexity index is 966. The number of hydrogen-bond donors (Lipinski definition) is 0. The Labute approximate surface area is 192 Å². The summed E-state index contributed by atoms with van der Waals surface area (Å²) in [7, 11) is 0. The Morgan fingerprint density at radius 3 is 2.41 bits per heavy atom. The summed E-state index contributed by atoms with van der Waals surface area (Å²) in [6, 6.07) is 19.4. The second-order valence-electron chi connectivity index (χ2n) is 6.09. The summed E-state index contributed by atoms with van der Waals surface area (Å²) in [5.41, 5.74) is 5.15. The quantitative estimate of drug-likeness (QED) is 0.432. The van der Waals surface area contributed by atoms with E-state index in [0.29, 0.717) is 0 Å². The largest absolute Gasteiger partial charge is 4.00 e. The number of para-hydroxylation sites is 1. The molecule has 0 amide bonds. The summed E-state index contributed by atoms with van der Waals surface area (Å²) in [6.07, 6.45) is 16.0. The maximum absolute atomic E-state index is 3.45. The summed E-state index contributed by atoms with van der Waals surface area (Å²) in [4.78, 5) is 0. The van der Waals surface area contributed by atoms with Gasteiger partial charge in [0.15, 0.2) is 0 Å². The van der Waals surface area contributed by atoms with Gasteiger partial charge in [0.05, 0.1) is 0 Å². The van der Waals surface area contributed by atoms with Gasteiger partial charge in [-0.05, 0) is 23.6 Å². The fourth-order valence-corrected chi connectivity index (χ4v) is 3.22. The minimum absolute atomic E-state index is 0. The Hall–Kier alpha value is -1.34. The zero-order chi connectivity index (χ0) is 16.4. The predicted molar refractivity (Wildman–Crippen MR) is 100 cm³/mol. The topological polar surface area (TPSA) is 4.93 Å². The Balaban J connectivity index is 0.000000354. The zero-order valence-electron chi connectivity index (χ0n) is 15.0. The fourth-order valence-electron chi connectivity index (χ4n) is 3.22. The Kier molecular flexibility index (Phi) is 9.53. The molecule has 0 bridgehead atoms. The number of benzene rings is 2. The SMILES string of the molecule is CC1=[C-]CC=C1.[C-]1=Cc2ccccc2C1n1ccc2ccccc21.[Cl-].[Cl-].[Zr+4]. The van der Waals surface area contributed by atoms with Crippen molar-refractivity contribution in [3.8, 4) is 0 Å². The van der Waals surface area contributed by atoms with Crippen molar-refractivity contribution >= 4 is 17.0 Å². The summed E-state index contributed by atoms with van der Waals surface area (Å²) in [6.45, 7) is 2.06. The maximum Gasteiger partial charge on any atom is 4.00 e. The smallest absolute Gasteiger partial charge is 1.00 e. The van der Waals surface area contributed by atoms with Crippen LogP contribution in [0.2, 0.25) is 0 Å². The van der Waals surface area contributed by atoms with E-state index in [9.17, 15) is 0 Å². The minimum atomic E-state index is 0. The van der Waals surface area contributed by atoms with E-state index in [1.54, 1.807) is 0 Å². The average Bonchev–Trinajstić information content (AvgIpc) is 3.34. The van der Waals surface area contributed by atoms with Crippen LogP contribution < -0.4 is 24.8 Å². The van der Waals surface area contributed by atoms with E-state index in [4.69, 9.17) is 0 Å². The number of allylic oxidation sites excluding steroid dienone is 5. The van der Waals surface area contributed by atoms with E-state index >= 15 is 0 Å². The van der Waals surface area contributed by atoms with E-state index < -0.39 is 0 Å². The number of rotatable bonds is 1. The molecule has 5 rings (SSSR count). The standard InChI is InChI=1S/C17H12N.C6H7.2ClH.Zr/c1-3-7-15-13(5-1)9-10-17(15)18-12-11-14-6-2-4-8-16(14)18;1-6-4-2-3-5-6;;;/h1-9,11-12,17H;2,4H,3H2,1H3;2*1H;/q2*-1;;;+4/p-2. The molecule has 0 radical (unpaired) electrons. The van der Waals surface area contributed by atoms with Crippen LogP contribution in [0.3, 0.4) is 0 Å². The number of fused-ring (bicyclic) bond motifs is 2. The first-order valence-electron chi connectivity index (χ1n) is 8.31. The van der Waals surface area contributed by atoms with Gasteiger partial charge in [-0.1, -0.05) is 43.3 Å². The predicted octanol–water partition coefficient (Wildman–Crippen LogP) is -0.238. The van der Waals surface area contributed by atoms with Crippen LogP contribution in [0.4, 0.5) is 0 Å². The molecule has 0 spiro atoms. The van der Waals surface area contributed by atoms with Gasteiger partial charge in [-0.2, -0.15) is 11.6 Å². The number of halogens is 2. The molecule has 0 N–H and O–H groups in total. The summed E-state index contributed by atoms with van der Waals surface area (Å²) in [5.74, 6) is 0. The van der Waals surface area contributed by atoms with Crippen LogP contribution in [0.15, 0.2) is 78.5 Å². The van der Waals surface area contributed by atoms with Crippen molar-refractivity contribution in [1.82, 2.24) is 4.57 Å². The third-order valence-electron chi connectivity index (χ3n) is 4.46. The molecule has 4 heteroatoms. The van der Waals surface area contributed by atoms with E-state index in [1.807, 2.05) is 0 Å². The van der Waals surface area contributed by atoms with E-state index in [1.165, 1.54) is 27.6 Å². The van der Waals surface area contributed by atoms with Crippen LogP contribution in [0.25, 0.3) is 17.0 Å². The first-order chi connectivity index (χ1) is 11.8. The van der Waals surface area contributed by atoms with Crippen molar-refractivity contribution in [1.29, 1.82) is 0 Å².